The zero-order chi connectivity index (χ0) is 51.4. The molecule has 2 N–H and O–H groups in total. The number of halogens is 6. The molecule has 0 saturated heterocycles. The molecule has 0 aliphatic carbocycles. The second-order valence-electron chi connectivity index (χ2n) is 17.9. The molecule has 2 atom stereocenters. The van der Waals surface area contributed by atoms with Gasteiger partial charge in [0.15, 0.2) is 0 Å². The molecule has 5 heterocycles. The van der Waals surface area contributed by atoms with Crippen LogP contribution in [0.2, 0.25) is 0 Å². The molecule has 0 saturated carbocycles. The molecule has 73 heavy (non-hydrogen) atoms. The summed E-state index contributed by atoms with van der Waals surface area (Å²) < 4.78 is 89.8. The van der Waals surface area contributed by atoms with Gasteiger partial charge in [-0.1, -0.05) is 36.4 Å². The van der Waals surface area contributed by atoms with E-state index >= 15 is 0 Å². The summed E-state index contributed by atoms with van der Waals surface area (Å²) in [6.45, 7) is 2.54. The predicted octanol–water partition coefficient (Wildman–Crippen LogP) is 9.03. The van der Waals surface area contributed by atoms with Crippen molar-refractivity contribution in [1.29, 1.82) is 10.5 Å². The SMILES string of the molecule is N#Cc1ccc([C@H]2NC(=O)N(c3cccc(C(F)(F)F)c3)C3=C2COCN(CCCN(CCCN2CC4=C(C2=O)[C@@H](c2ccc(C#N)cc2)NC(=O)N4c2cccc(C(F)(F)F)c2)Cc2ccncc2)C3)cc1. The second-order valence-corrected chi connectivity index (χ2v) is 17.9. The molecule has 9 rings (SSSR count). The Morgan fingerprint density at radius 2 is 1.21 bits per heavy atom. The topological polar surface area (TPSA) is 161 Å². The number of nitrogens with zero attached hydrogens (tertiary/aromatic N) is 8. The molecule has 5 amide bonds. The minimum Gasteiger partial charge on any atom is -0.362 e. The lowest BCUT2D eigenvalue weighted by Crippen LogP contribution is -2.49. The number of alkyl halides is 6. The van der Waals surface area contributed by atoms with Crippen molar-refractivity contribution < 1.29 is 45.5 Å². The fraction of sp³-hybridized carbons (Fsp3) is 0.283. The zero-order valence-electron chi connectivity index (χ0n) is 39.0. The highest BCUT2D eigenvalue weighted by Gasteiger charge is 2.45. The average Bonchev–Trinajstić information content (AvgIpc) is 3.55. The Hall–Kier alpha value is -8.04. The molecule has 4 aliphatic rings. The Bertz CT molecular complexity index is 3040. The van der Waals surface area contributed by atoms with Gasteiger partial charge in [-0.05, 0) is 109 Å². The van der Waals surface area contributed by atoms with E-state index in [0.717, 1.165) is 34.7 Å². The summed E-state index contributed by atoms with van der Waals surface area (Å²) in [6, 6.07) is 27.0. The highest BCUT2D eigenvalue weighted by atomic mass is 19.4. The molecule has 5 aromatic rings. The molecule has 0 fully saturated rings. The molecule has 0 radical (unpaired) electrons. The number of aromatic nitrogens is 1. The summed E-state index contributed by atoms with van der Waals surface area (Å²) in [6.07, 6.45) is -4.93. The number of nitriles is 2. The Balaban J connectivity index is 0.924. The Labute approximate surface area is 416 Å². The highest BCUT2D eigenvalue weighted by Crippen LogP contribution is 2.41. The number of anilines is 2. The summed E-state index contributed by atoms with van der Waals surface area (Å²) in [4.78, 5) is 54.6. The third-order valence-electron chi connectivity index (χ3n) is 13.2. The molecular weight excluding hydrogens is 955 g/mol. The van der Waals surface area contributed by atoms with Gasteiger partial charge in [-0.2, -0.15) is 36.9 Å². The van der Waals surface area contributed by atoms with Crippen LogP contribution in [0.15, 0.2) is 144 Å². The van der Waals surface area contributed by atoms with Crippen LogP contribution in [0.4, 0.5) is 47.3 Å². The monoisotopic (exact) mass is 1000 g/mol. The van der Waals surface area contributed by atoms with Gasteiger partial charge >= 0.3 is 24.4 Å². The van der Waals surface area contributed by atoms with Crippen LogP contribution >= 0.6 is 0 Å². The van der Waals surface area contributed by atoms with Crippen LogP contribution in [0.5, 0.6) is 0 Å². The van der Waals surface area contributed by atoms with Crippen LogP contribution in [0.3, 0.4) is 0 Å². The van der Waals surface area contributed by atoms with Gasteiger partial charge in [-0.3, -0.25) is 29.4 Å². The van der Waals surface area contributed by atoms with Crippen LogP contribution in [-0.2, 0) is 28.4 Å². The van der Waals surface area contributed by atoms with Gasteiger partial charge in [-0.25, -0.2) is 9.59 Å². The number of ether oxygens (including phenoxy) is 1. The normalized spacial score (nSPS) is 18.5. The number of pyridine rings is 1. The number of carbonyl (C=O) groups is 3. The number of hydrogen-bond acceptors (Lipinski definition) is 9. The van der Waals surface area contributed by atoms with Crippen molar-refractivity contribution in [3.05, 3.63) is 183 Å². The lowest BCUT2D eigenvalue weighted by atomic mass is 9.94. The van der Waals surface area contributed by atoms with E-state index < -0.39 is 53.5 Å². The molecular formula is C53H46F6N10O4. The molecule has 4 aliphatic heterocycles. The molecule has 374 valence electrons. The number of nitrogens with one attached hydrogen (secondary N) is 2. The lowest BCUT2D eigenvalue weighted by molar-refractivity contribution is -0.138. The standard InChI is InChI=1S/C53H46F6N10O4/c54-52(55,56)39-5-1-7-41(25-39)68-44-30-66(33-73-32-43(44)47(63-50(68)71)37-13-9-34(27-60)10-14-37)23-3-21-65(29-36-17-19-62-20-18-36)22-4-24-67-31-45-46(49(67)70)48(38-15-11-35(28-61)12-16-38)64-51(72)69(45)42-8-2-6-40(26-42)53(57,58)59/h1-2,5-20,25-26,47-48H,3-4,21-24,29-33H2,(H,63,71)(H,64,72)/t47-,48-/m1/s1. The van der Waals surface area contributed by atoms with Crippen LogP contribution in [0, 0.1) is 22.7 Å². The third-order valence-corrected chi connectivity index (χ3v) is 13.2. The van der Waals surface area contributed by atoms with Crippen LogP contribution in [0.1, 0.15) is 63.9 Å². The van der Waals surface area contributed by atoms with E-state index in [-0.39, 0.29) is 55.6 Å². The van der Waals surface area contributed by atoms with Gasteiger partial charge in [-0.15, -0.1) is 0 Å². The second kappa shape index (κ2) is 21.0. The minimum absolute atomic E-state index is 0.0343. The number of carbonyl (C=O) groups excluding carboxylic acids is 3. The van der Waals surface area contributed by atoms with Gasteiger partial charge < -0.3 is 20.3 Å². The number of amides is 5. The van der Waals surface area contributed by atoms with Crippen LogP contribution in [-0.4, -0.2) is 90.3 Å². The van der Waals surface area contributed by atoms with E-state index in [2.05, 4.69) is 26.6 Å². The molecule has 4 aromatic carbocycles. The van der Waals surface area contributed by atoms with Gasteiger partial charge in [0.05, 0.1) is 89.0 Å². The van der Waals surface area contributed by atoms with Gasteiger partial charge in [0.1, 0.15) is 0 Å². The maximum atomic E-state index is 14.4. The van der Waals surface area contributed by atoms with Crippen molar-refractivity contribution in [3.8, 4) is 12.1 Å². The molecule has 20 heteroatoms. The third kappa shape index (κ3) is 10.9. The molecule has 14 nitrogen and oxygen atoms in total. The molecule has 0 bridgehead atoms. The van der Waals surface area contributed by atoms with Crippen LogP contribution in [0.25, 0.3) is 0 Å². The first-order valence-electron chi connectivity index (χ1n) is 23.3. The zero-order valence-corrected chi connectivity index (χ0v) is 39.0. The van der Waals surface area contributed by atoms with E-state index in [9.17, 15) is 51.2 Å². The summed E-state index contributed by atoms with van der Waals surface area (Å²) in [5.74, 6) is -0.395. The van der Waals surface area contributed by atoms with Crippen molar-refractivity contribution >= 4 is 29.3 Å². The van der Waals surface area contributed by atoms with Crippen molar-refractivity contribution in [2.75, 3.05) is 62.4 Å². The smallest absolute Gasteiger partial charge is 0.362 e. The molecule has 1 aromatic heterocycles. The number of urea groups is 2. The molecule has 0 spiro atoms. The van der Waals surface area contributed by atoms with E-state index in [1.807, 2.05) is 23.1 Å². The van der Waals surface area contributed by atoms with Gasteiger partial charge in [0.2, 0.25) is 0 Å². The van der Waals surface area contributed by atoms with Crippen molar-refractivity contribution in [1.82, 2.24) is 30.3 Å². The van der Waals surface area contributed by atoms with E-state index in [1.54, 1.807) is 65.8 Å². The Morgan fingerprint density at radius 3 is 1.77 bits per heavy atom. The first-order valence-corrected chi connectivity index (χ1v) is 23.3. The van der Waals surface area contributed by atoms with Crippen LogP contribution < -0.4 is 20.4 Å². The highest BCUT2D eigenvalue weighted by molar-refractivity contribution is 6.07. The quantitative estimate of drug-likeness (QED) is 0.104. The summed E-state index contributed by atoms with van der Waals surface area (Å²) in [5, 5.41) is 24.6. The summed E-state index contributed by atoms with van der Waals surface area (Å²) in [7, 11) is 0. The number of hydrogen-bond donors (Lipinski definition) is 2. The van der Waals surface area contributed by atoms with Crippen molar-refractivity contribution in [2.45, 2.75) is 43.8 Å². The van der Waals surface area contributed by atoms with Gasteiger partial charge in [0, 0.05) is 56.4 Å². The summed E-state index contributed by atoms with van der Waals surface area (Å²) >= 11 is 0. The Kier molecular flexibility index (Phi) is 14.3. The average molecular weight is 1000 g/mol. The maximum Gasteiger partial charge on any atom is 0.416 e. The van der Waals surface area contributed by atoms with Crippen molar-refractivity contribution in [3.63, 3.8) is 0 Å². The predicted molar refractivity (Wildman–Crippen MR) is 254 cm³/mol. The minimum atomic E-state index is -4.69. The largest absolute Gasteiger partial charge is 0.416 e. The molecule has 0 unspecified atom stereocenters. The van der Waals surface area contributed by atoms with Gasteiger partial charge in [0.25, 0.3) is 5.91 Å². The maximum absolute atomic E-state index is 14.4. The first-order chi connectivity index (χ1) is 35.1. The fourth-order valence-corrected chi connectivity index (χ4v) is 9.65. The first kappa shape index (κ1) is 49.9. The number of benzene rings is 4. The lowest BCUT2D eigenvalue weighted by Gasteiger charge is -2.37. The van der Waals surface area contributed by atoms with E-state index in [4.69, 9.17) is 4.74 Å². The van der Waals surface area contributed by atoms with Crippen molar-refractivity contribution in [2.24, 2.45) is 0 Å². The van der Waals surface area contributed by atoms with E-state index in [1.165, 1.54) is 29.2 Å². The summed E-state index contributed by atoms with van der Waals surface area (Å²) in [5.41, 5.74) is 2.63. The fourth-order valence-electron chi connectivity index (χ4n) is 9.65. The van der Waals surface area contributed by atoms with E-state index in [0.29, 0.717) is 72.5 Å². The Morgan fingerprint density at radius 1 is 0.671 bits per heavy atom. The number of rotatable bonds is 14.